The van der Waals surface area contributed by atoms with Crippen molar-refractivity contribution in [2.24, 2.45) is 0 Å². The van der Waals surface area contributed by atoms with Crippen molar-refractivity contribution in [1.29, 1.82) is 0 Å². The highest BCUT2D eigenvalue weighted by Gasteiger charge is 2.43. The minimum atomic E-state index is -3.13. The van der Waals surface area contributed by atoms with Gasteiger partial charge in [-0.3, -0.25) is 0 Å². The number of fused-ring (bicyclic) bond motifs is 10. The molecule has 0 saturated carbocycles. The molecular weight excluding hydrogens is 803 g/mol. The van der Waals surface area contributed by atoms with E-state index in [1.54, 1.807) is 0 Å². The number of benzene rings is 11. The lowest BCUT2D eigenvalue weighted by Gasteiger charge is -2.36. The summed E-state index contributed by atoms with van der Waals surface area (Å²) in [6.45, 7) is 0. The smallest absolute Gasteiger partial charge is 0.179 e. The van der Waals surface area contributed by atoms with Gasteiger partial charge in [-0.15, -0.1) is 0 Å². The molecule has 13 aromatic rings. The Labute approximate surface area is 377 Å². The molecule has 0 radical (unpaired) electrons. The van der Waals surface area contributed by atoms with Crippen LogP contribution < -0.4 is 20.7 Å². The molecule has 65 heavy (non-hydrogen) atoms. The van der Waals surface area contributed by atoms with Gasteiger partial charge in [0, 0.05) is 32.7 Å². The van der Waals surface area contributed by atoms with E-state index < -0.39 is 8.07 Å². The zero-order valence-corrected chi connectivity index (χ0v) is 36.5. The molecule has 11 aromatic carbocycles. The number of aromatic nitrogens is 1. The Morgan fingerprint density at radius 2 is 0.831 bits per heavy atom. The summed E-state index contributed by atoms with van der Waals surface area (Å²) in [7, 11) is -3.13. The van der Waals surface area contributed by atoms with Crippen LogP contribution in [0, 0.1) is 0 Å². The van der Waals surface area contributed by atoms with Gasteiger partial charge in [-0.05, 0) is 77.7 Å². The SMILES string of the molecule is c1ccc(-c2cc([Si](c3ccccc3)(c3ccccc3)c3ccc4ccc5ccccc5c4c3)cc(-c3ccccc3)c2-n2c3ccccc3c3c4c(ccc32)oc2ccccc24)cc1. The topological polar surface area (TPSA) is 18.1 Å². The average molecular weight is 844 g/mol. The fraction of sp³-hybridized carbons (Fsp3) is 0. The second-order valence-corrected chi connectivity index (χ2v) is 20.9. The third kappa shape index (κ3) is 5.73. The van der Waals surface area contributed by atoms with E-state index in [0.717, 1.165) is 49.8 Å². The van der Waals surface area contributed by atoms with Crippen molar-refractivity contribution in [2.75, 3.05) is 0 Å². The number of hydrogen-bond acceptors (Lipinski definition) is 1. The molecular formula is C62H41NOSi. The summed E-state index contributed by atoms with van der Waals surface area (Å²) in [4.78, 5) is 0. The maximum atomic E-state index is 6.54. The van der Waals surface area contributed by atoms with Gasteiger partial charge in [-0.1, -0.05) is 224 Å². The fourth-order valence-corrected chi connectivity index (χ4v) is 15.7. The van der Waals surface area contributed by atoms with Gasteiger partial charge >= 0.3 is 0 Å². The molecule has 3 heteroatoms. The van der Waals surface area contributed by atoms with Gasteiger partial charge in [0.15, 0.2) is 8.07 Å². The second-order valence-electron chi connectivity index (χ2n) is 17.1. The van der Waals surface area contributed by atoms with Gasteiger partial charge in [-0.25, -0.2) is 0 Å². The molecule has 0 N–H and O–H groups in total. The molecule has 0 aliphatic rings. The van der Waals surface area contributed by atoms with Crippen LogP contribution in [0.3, 0.4) is 0 Å². The van der Waals surface area contributed by atoms with E-state index in [1.807, 2.05) is 0 Å². The maximum absolute atomic E-state index is 6.54. The highest BCUT2D eigenvalue weighted by molar-refractivity contribution is 7.20. The summed E-state index contributed by atoms with van der Waals surface area (Å²) in [6.07, 6.45) is 0. The first-order chi connectivity index (χ1) is 32.3. The molecule has 304 valence electrons. The molecule has 13 rings (SSSR count). The first-order valence-corrected chi connectivity index (χ1v) is 24.4. The molecule has 2 nitrogen and oxygen atoms in total. The van der Waals surface area contributed by atoms with E-state index in [9.17, 15) is 0 Å². The monoisotopic (exact) mass is 843 g/mol. The second kappa shape index (κ2) is 14.9. The lowest BCUT2D eigenvalue weighted by atomic mass is 9.95. The van der Waals surface area contributed by atoms with E-state index in [2.05, 4.69) is 253 Å². The molecule has 0 unspecified atom stereocenters. The van der Waals surface area contributed by atoms with Crippen molar-refractivity contribution in [3.63, 3.8) is 0 Å². The van der Waals surface area contributed by atoms with Crippen molar-refractivity contribution in [1.82, 2.24) is 4.57 Å². The summed E-state index contributed by atoms with van der Waals surface area (Å²) >= 11 is 0. The van der Waals surface area contributed by atoms with Crippen LogP contribution in [0.5, 0.6) is 0 Å². The summed E-state index contributed by atoms with van der Waals surface area (Å²) in [5, 5.41) is 15.0. The molecule has 0 bridgehead atoms. The van der Waals surface area contributed by atoms with E-state index >= 15 is 0 Å². The predicted octanol–water partition coefficient (Wildman–Crippen LogP) is 13.7. The van der Waals surface area contributed by atoms with Crippen LogP contribution in [0.25, 0.3) is 93.2 Å². The number of furan rings is 1. The number of nitrogens with zero attached hydrogens (tertiary/aromatic N) is 1. The zero-order chi connectivity index (χ0) is 42.9. The van der Waals surface area contributed by atoms with Crippen molar-refractivity contribution in [3.05, 3.63) is 249 Å². The first kappa shape index (κ1) is 37.3. The maximum Gasteiger partial charge on any atom is 0.179 e. The van der Waals surface area contributed by atoms with Crippen LogP contribution in [0.1, 0.15) is 0 Å². The van der Waals surface area contributed by atoms with Crippen LogP contribution in [0.2, 0.25) is 0 Å². The van der Waals surface area contributed by atoms with Crippen LogP contribution in [-0.4, -0.2) is 12.6 Å². The van der Waals surface area contributed by atoms with E-state index in [-0.39, 0.29) is 0 Å². The molecule has 0 spiro atoms. The molecule has 0 atom stereocenters. The van der Waals surface area contributed by atoms with Crippen LogP contribution >= 0.6 is 0 Å². The Bertz CT molecular complexity index is 3830. The quantitative estimate of drug-likeness (QED) is 0.0888. The molecule has 0 fully saturated rings. The molecule has 0 aliphatic heterocycles. The molecule has 0 amide bonds. The Morgan fingerprint density at radius 1 is 0.308 bits per heavy atom. The lowest BCUT2D eigenvalue weighted by Crippen LogP contribution is -2.74. The van der Waals surface area contributed by atoms with Crippen LogP contribution in [0.4, 0.5) is 0 Å². The Kier molecular flexibility index (Phi) is 8.58. The number of para-hydroxylation sites is 2. The van der Waals surface area contributed by atoms with Gasteiger partial charge < -0.3 is 8.98 Å². The normalized spacial score (nSPS) is 12.0. The highest BCUT2D eigenvalue weighted by atomic mass is 28.3. The zero-order valence-electron chi connectivity index (χ0n) is 35.5. The van der Waals surface area contributed by atoms with Gasteiger partial charge in [0.2, 0.25) is 0 Å². The summed E-state index contributed by atoms with van der Waals surface area (Å²) in [5.74, 6) is 0. The Morgan fingerprint density at radius 3 is 1.49 bits per heavy atom. The average Bonchev–Trinajstić information content (AvgIpc) is 3.93. The van der Waals surface area contributed by atoms with Crippen LogP contribution in [0.15, 0.2) is 253 Å². The van der Waals surface area contributed by atoms with Gasteiger partial charge in [0.05, 0.1) is 16.7 Å². The third-order valence-electron chi connectivity index (χ3n) is 13.7. The molecule has 2 heterocycles. The Balaban J connectivity index is 1.22. The standard InChI is InChI=1S/C62H41NOSi/c1-5-19-42(20-6-1)54-40-49(65(46-24-9-3-10-25-46,47-26-11-4-12-27-47)48-36-35-45-34-33-44-23-13-14-28-50(44)53(45)39-48)41-55(43-21-7-2-8-22-43)62(54)63-56-31-17-15-29-51(56)60-57(63)37-38-59-61(60)52-30-16-18-32-58(52)64-59/h1-41H. The van der Waals surface area contributed by atoms with Gasteiger partial charge in [0.1, 0.15) is 11.2 Å². The minimum absolute atomic E-state index is 0.896. The van der Waals surface area contributed by atoms with Crippen LogP contribution in [-0.2, 0) is 0 Å². The molecule has 0 aliphatic carbocycles. The van der Waals surface area contributed by atoms with Crippen molar-refractivity contribution >= 4 is 94.1 Å². The number of rotatable bonds is 7. The van der Waals surface area contributed by atoms with E-state index in [0.29, 0.717) is 0 Å². The predicted molar refractivity (Wildman–Crippen MR) is 278 cm³/mol. The van der Waals surface area contributed by atoms with Gasteiger partial charge in [-0.2, -0.15) is 0 Å². The molecule has 2 aromatic heterocycles. The lowest BCUT2D eigenvalue weighted by molar-refractivity contribution is 0.669. The highest BCUT2D eigenvalue weighted by Crippen LogP contribution is 2.45. The van der Waals surface area contributed by atoms with E-state index in [4.69, 9.17) is 4.42 Å². The first-order valence-electron chi connectivity index (χ1n) is 22.4. The Hall–Kier alpha value is -8.24. The van der Waals surface area contributed by atoms with Crippen molar-refractivity contribution < 1.29 is 4.42 Å². The van der Waals surface area contributed by atoms with Gasteiger partial charge in [0.25, 0.3) is 0 Å². The molecule has 0 saturated heterocycles. The summed E-state index contributed by atoms with van der Waals surface area (Å²) in [5.41, 5.74) is 9.92. The van der Waals surface area contributed by atoms with E-state index in [1.165, 1.54) is 64.2 Å². The van der Waals surface area contributed by atoms with Crippen molar-refractivity contribution in [2.45, 2.75) is 0 Å². The summed E-state index contributed by atoms with van der Waals surface area (Å²) in [6, 6.07) is 92.3. The van der Waals surface area contributed by atoms with Crippen molar-refractivity contribution in [3.8, 4) is 27.9 Å². The fourth-order valence-electron chi connectivity index (χ4n) is 10.9. The minimum Gasteiger partial charge on any atom is -0.456 e. The largest absolute Gasteiger partial charge is 0.456 e. The summed E-state index contributed by atoms with van der Waals surface area (Å²) < 4.78 is 9.07. The third-order valence-corrected chi connectivity index (χ3v) is 18.4. The number of hydrogen-bond donors (Lipinski definition) is 0.